The van der Waals surface area contributed by atoms with Crippen LogP contribution in [0.3, 0.4) is 0 Å². The molecule has 4 rings (SSSR count). The monoisotopic (exact) mass is 526 g/mol. The lowest BCUT2D eigenvalue weighted by atomic mass is 10.0. The summed E-state index contributed by atoms with van der Waals surface area (Å²) in [6, 6.07) is 14.4. The van der Waals surface area contributed by atoms with Crippen LogP contribution in [0.25, 0.3) is 22.2 Å². The predicted octanol–water partition coefficient (Wildman–Crippen LogP) is 5.46. The molecule has 0 aliphatic heterocycles. The van der Waals surface area contributed by atoms with E-state index in [4.69, 9.17) is 4.74 Å². The summed E-state index contributed by atoms with van der Waals surface area (Å²) in [4.78, 5) is 25.3. The van der Waals surface area contributed by atoms with Crippen molar-refractivity contribution in [3.05, 3.63) is 73.2 Å². The molecule has 2 aromatic carbocycles. The van der Waals surface area contributed by atoms with E-state index >= 15 is 0 Å². The third kappa shape index (κ3) is 6.64. The number of carbonyl (C=O) groups is 1. The molecule has 4 aromatic rings. The predicted molar refractivity (Wildman–Crippen MR) is 160 cm³/mol. The van der Waals surface area contributed by atoms with E-state index < -0.39 is 0 Å². The zero-order valence-corrected chi connectivity index (χ0v) is 23.6. The van der Waals surface area contributed by atoms with Gasteiger partial charge in [0.2, 0.25) is 0 Å². The lowest BCUT2D eigenvalue weighted by molar-refractivity contribution is -0.114. The Balaban J connectivity index is 1.67. The number of aromatic nitrogens is 3. The quantitative estimate of drug-likeness (QED) is 0.232. The van der Waals surface area contributed by atoms with Gasteiger partial charge in [-0.15, -0.1) is 0 Å². The summed E-state index contributed by atoms with van der Waals surface area (Å²) in [6.45, 7) is 5.39. The number of aryl methyl sites for hydroxylation is 2. The topological polar surface area (TPSA) is 75.5 Å². The largest absolute Gasteiger partial charge is 0.494 e. The van der Waals surface area contributed by atoms with Crippen molar-refractivity contribution in [3.63, 3.8) is 0 Å². The maximum atomic E-state index is 11.9. The van der Waals surface area contributed by atoms with Gasteiger partial charge in [-0.05, 0) is 50.7 Å². The molecule has 0 aliphatic rings. The molecular formula is C31H38N6O2. The van der Waals surface area contributed by atoms with Crippen LogP contribution in [0.5, 0.6) is 5.75 Å². The highest BCUT2D eigenvalue weighted by Gasteiger charge is 2.16. The van der Waals surface area contributed by atoms with Crippen molar-refractivity contribution in [2.75, 3.05) is 51.6 Å². The van der Waals surface area contributed by atoms with Gasteiger partial charge in [0, 0.05) is 74.1 Å². The number of allylic oxidation sites excluding steroid dienone is 1. The zero-order chi connectivity index (χ0) is 27.9. The third-order valence-corrected chi connectivity index (χ3v) is 6.89. The van der Waals surface area contributed by atoms with Crippen LogP contribution < -0.4 is 15.0 Å². The Morgan fingerprint density at radius 1 is 1.13 bits per heavy atom. The van der Waals surface area contributed by atoms with Gasteiger partial charge in [-0.3, -0.25) is 4.79 Å². The van der Waals surface area contributed by atoms with Crippen molar-refractivity contribution in [2.45, 2.75) is 19.3 Å². The highest BCUT2D eigenvalue weighted by Crippen LogP contribution is 2.36. The molecule has 39 heavy (non-hydrogen) atoms. The third-order valence-electron chi connectivity index (χ3n) is 6.89. The fraction of sp³-hybridized carbons (Fsp3) is 0.323. The summed E-state index contributed by atoms with van der Waals surface area (Å²) < 4.78 is 7.92. The van der Waals surface area contributed by atoms with E-state index in [1.54, 1.807) is 13.4 Å². The Bertz CT molecular complexity index is 1460. The summed E-state index contributed by atoms with van der Waals surface area (Å²) in [5, 5.41) is 4.61. The Morgan fingerprint density at radius 2 is 1.92 bits per heavy atom. The summed E-state index contributed by atoms with van der Waals surface area (Å²) in [5.41, 5.74) is 6.08. The van der Waals surface area contributed by atoms with Gasteiger partial charge < -0.3 is 24.4 Å². The van der Waals surface area contributed by atoms with Gasteiger partial charge in [0.1, 0.15) is 17.9 Å². The summed E-state index contributed by atoms with van der Waals surface area (Å²) in [6.07, 6.45) is 7.04. The summed E-state index contributed by atoms with van der Waals surface area (Å²) in [7, 11) is 9.94. The molecule has 0 saturated carbocycles. The fourth-order valence-corrected chi connectivity index (χ4v) is 4.72. The minimum atomic E-state index is 0.0614. The van der Waals surface area contributed by atoms with E-state index in [1.165, 1.54) is 6.08 Å². The smallest absolute Gasteiger partial charge is 0.155 e. The normalized spacial score (nSPS) is 11.1. The van der Waals surface area contributed by atoms with Gasteiger partial charge >= 0.3 is 0 Å². The molecule has 2 heterocycles. The van der Waals surface area contributed by atoms with E-state index in [-0.39, 0.29) is 5.78 Å². The van der Waals surface area contributed by atoms with Crippen LogP contribution in [0.15, 0.2) is 67.6 Å². The lowest BCUT2D eigenvalue weighted by Gasteiger charge is -2.26. The highest BCUT2D eigenvalue weighted by atomic mass is 16.5. The molecule has 8 nitrogen and oxygen atoms in total. The number of hydrogen-bond acceptors (Lipinski definition) is 7. The van der Waals surface area contributed by atoms with Crippen LogP contribution >= 0.6 is 0 Å². The minimum Gasteiger partial charge on any atom is -0.494 e. The molecule has 0 amide bonds. The van der Waals surface area contributed by atoms with Crippen molar-refractivity contribution in [1.29, 1.82) is 0 Å². The molecule has 0 spiro atoms. The molecular weight excluding hydrogens is 488 g/mol. The van der Waals surface area contributed by atoms with E-state index in [1.807, 2.05) is 25.2 Å². The number of nitrogens with one attached hydrogen (secondary N) is 1. The van der Waals surface area contributed by atoms with Crippen LogP contribution in [0.1, 0.15) is 18.4 Å². The van der Waals surface area contributed by atoms with Crippen molar-refractivity contribution in [3.8, 4) is 17.0 Å². The van der Waals surface area contributed by atoms with Gasteiger partial charge in [-0.1, -0.05) is 24.8 Å². The molecule has 8 heteroatoms. The van der Waals surface area contributed by atoms with Gasteiger partial charge in [0.05, 0.1) is 18.5 Å². The first-order valence-electron chi connectivity index (χ1n) is 13.2. The first-order chi connectivity index (χ1) is 18.8. The van der Waals surface area contributed by atoms with Crippen LogP contribution in [-0.4, -0.2) is 66.6 Å². The van der Waals surface area contributed by atoms with E-state index in [0.29, 0.717) is 12.2 Å². The zero-order valence-electron chi connectivity index (χ0n) is 23.6. The Labute approximate surface area is 230 Å². The van der Waals surface area contributed by atoms with Gasteiger partial charge in [0.15, 0.2) is 5.78 Å². The molecule has 204 valence electrons. The van der Waals surface area contributed by atoms with E-state index in [0.717, 1.165) is 70.8 Å². The highest BCUT2D eigenvalue weighted by molar-refractivity contribution is 5.95. The summed E-state index contributed by atoms with van der Waals surface area (Å²) in [5.74, 6) is 1.46. The first-order valence-corrected chi connectivity index (χ1v) is 13.2. The molecule has 0 saturated heterocycles. The molecule has 2 aromatic heterocycles. The molecule has 0 bridgehead atoms. The number of methoxy groups -OCH3 is 1. The van der Waals surface area contributed by atoms with Crippen LogP contribution in [0.4, 0.5) is 17.2 Å². The average Bonchev–Trinajstić information content (AvgIpc) is 3.28. The Morgan fingerprint density at radius 3 is 2.67 bits per heavy atom. The number of benzene rings is 2. The van der Waals surface area contributed by atoms with Crippen molar-refractivity contribution < 1.29 is 9.53 Å². The number of para-hydroxylation sites is 1. The molecule has 0 fully saturated rings. The number of likely N-dealkylation sites (N-methyl/N-ethyl adjacent to an activating group) is 2. The van der Waals surface area contributed by atoms with Crippen molar-refractivity contribution in [2.24, 2.45) is 7.05 Å². The molecule has 0 radical (unpaired) electrons. The van der Waals surface area contributed by atoms with Gasteiger partial charge in [-0.25, -0.2) is 9.97 Å². The van der Waals surface area contributed by atoms with Gasteiger partial charge in [0.25, 0.3) is 0 Å². The number of fused-ring (bicyclic) bond motifs is 1. The Kier molecular flexibility index (Phi) is 8.99. The first kappa shape index (κ1) is 27.9. The van der Waals surface area contributed by atoms with E-state index in [2.05, 4.69) is 87.8 Å². The number of ether oxygens (including phenoxy) is 1. The molecule has 0 unspecified atom stereocenters. The number of hydrogen-bond donors (Lipinski definition) is 1. The average molecular weight is 527 g/mol. The maximum absolute atomic E-state index is 11.9. The second-order valence-electron chi connectivity index (χ2n) is 10.0. The Hall–Kier alpha value is -4.17. The number of rotatable bonds is 13. The van der Waals surface area contributed by atoms with Crippen LogP contribution in [0.2, 0.25) is 0 Å². The second kappa shape index (κ2) is 12.6. The minimum absolute atomic E-state index is 0.0614. The van der Waals surface area contributed by atoms with E-state index in [9.17, 15) is 4.79 Å². The number of carbonyl (C=O) groups excluding carboxylic acids is 1. The summed E-state index contributed by atoms with van der Waals surface area (Å²) >= 11 is 0. The maximum Gasteiger partial charge on any atom is 0.155 e. The van der Waals surface area contributed by atoms with Crippen molar-refractivity contribution in [1.82, 2.24) is 19.4 Å². The fourth-order valence-electron chi connectivity index (χ4n) is 4.72. The lowest BCUT2D eigenvalue weighted by Crippen LogP contribution is -2.29. The standard InChI is InChI=1S/C31H38N6O2/c1-7-23(38)12-10-11-22-17-27(30(39-6)19-29(22)36(4)16-15-35(2)3)34-31-18-26(32-21-33-31)25-20-37(5)28-14-9-8-13-24(25)28/h7-9,13-14,17-21H,1,10-12,15-16H2,2-6H3,(H,32,33,34). The van der Waals surface area contributed by atoms with Crippen LogP contribution in [-0.2, 0) is 18.3 Å². The number of nitrogens with zero attached hydrogens (tertiary/aromatic N) is 5. The molecule has 0 atom stereocenters. The molecule has 1 N–H and O–H groups in total. The van der Waals surface area contributed by atoms with Crippen LogP contribution in [0, 0.1) is 0 Å². The van der Waals surface area contributed by atoms with Crippen molar-refractivity contribution >= 4 is 33.9 Å². The van der Waals surface area contributed by atoms with Gasteiger partial charge in [-0.2, -0.15) is 0 Å². The number of anilines is 3. The number of ketones is 1. The second-order valence-corrected chi connectivity index (χ2v) is 10.0. The molecule has 0 aliphatic carbocycles. The SMILES string of the molecule is C=CC(=O)CCCc1cc(Nc2cc(-c3cn(C)c4ccccc34)ncn2)c(OC)cc1N(C)CCN(C)C.